The van der Waals surface area contributed by atoms with E-state index in [2.05, 4.69) is 42.9 Å². The summed E-state index contributed by atoms with van der Waals surface area (Å²) in [5.41, 5.74) is 1.37. The number of nitrogens with two attached hydrogens (primary N) is 1. The van der Waals surface area contributed by atoms with E-state index < -0.39 is 10.0 Å². The van der Waals surface area contributed by atoms with Crippen LogP contribution in [0.1, 0.15) is 33.3 Å². The molecular formula is C17H28N4O2S. The first-order chi connectivity index (χ1) is 11.0. The van der Waals surface area contributed by atoms with Gasteiger partial charge in [0.1, 0.15) is 0 Å². The van der Waals surface area contributed by atoms with Crippen LogP contribution in [0.5, 0.6) is 0 Å². The number of hydrogen-bond acceptors (Lipinski definition) is 3. The van der Waals surface area contributed by atoms with Crippen molar-refractivity contribution in [3.63, 3.8) is 0 Å². The first-order valence-corrected chi connectivity index (χ1v) is 9.64. The molecule has 0 radical (unpaired) electrons. The van der Waals surface area contributed by atoms with Crippen LogP contribution in [0.4, 0.5) is 0 Å². The van der Waals surface area contributed by atoms with Gasteiger partial charge in [-0.25, -0.2) is 13.6 Å². The van der Waals surface area contributed by atoms with Crippen molar-refractivity contribution in [2.45, 2.75) is 44.6 Å². The van der Waals surface area contributed by atoms with Crippen molar-refractivity contribution in [2.75, 3.05) is 20.1 Å². The maximum absolute atomic E-state index is 11.3. The highest BCUT2D eigenvalue weighted by Gasteiger charge is 2.53. The van der Waals surface area contributed by atoms with Crippen molar-refractivity contribution >= 4 is 16.0 Å². The second kappa shape index (κ2) is 6.37. The first-order valence-electron chi connectivity index (χ1n) is 8.09. The summed E-state index contributed by atoms with van der Waals surface area (Å²) in [6, 6.07) is 6.67. The van der Waals surface area contributed by atoms with Crippen LogP contribution in [-0.4, -0.2) is 45.0 Å². The molecule has 0 unspecified atom stereocenters. The molecule has 1 aliphatic heterocycles. The molecule has 0 spiro atoms. The predicted octanol–water partition coefficient (Wildman–Crippen LogP) is 1.57. The van der Waals surface area contributed by atoms with E-state index in [0.29, 0.717) is 0 Å². The van der Waals surface area contributed by atoms with E-state index in [0.717, 1.165) is 31.0 Å². The van der Waals surface area contributed by atoms with E-state index in [9.17, 15) is 8.42 Å². The van der Waals surface area contributed by atoms with Gasteiger partial charge in [0, 0.05) is 31.1 Å². The number of primary sulfonamides is 1. The number of likely N-dealkylation sites (tertiary alicyclic amines) is 1. The van der Waals surface area contributed by atoms with Crippen LogP contribution in [-0.2, 0) is 16.4 Å². The third kappa shape index (κ3) is 3.57. The number of sulfonamides is 1. The highest BCUT2D eigenvalue weighted by molar-refractivity contribution is 7.89. The Bertz CT molecular complexity index is 721. The molecule has 1 aliphatic rings. The Morgan fingerprint density at radius 3 is 2.25 bits per heavy atom. The van der Waals surface area contributed by atoms with Crippen LogP contribution in [0.25, 0.3) is 0 Å². The number of hydrogen-bond donors (Lipinski definition) is 2. The molecule has 6 nitrogen and oxygen atoms in total. The van der Waals surface area contributed by atoms with Gasteiger partial charge in [0.15, 0.2) is 5.96 Å². The lowest BCUT2D eigenvalue weighted by Crippen LogP contribution is -2.72. The summed E-state index contributed by atoms with van der Waals surface area (Å²) in [5.74, 6) is 0.903. The molecule has 1 heterocycles. The maximum Gasteiger partial charge on any atom is 0.238 e. The van der Waals surface area contributed by atoms with Gasteiger partial charge in [0.2, 0.25) is 10.0 Å². The lowest BCUT2D eigenvalue weighted by Gasteiger charge is -2.62. The summed E-state index contributed by atoms with van der Waals surface area (Å²) in [7, 11) is -1.83. The highest BCUT2D eigenvalue weighted by atomic mass is 32.2. The third-order valence-corrected chi connectivity index (χ3v) is 6.23. The summed E-state index contributed by atoms with van der Waals surface area (Å²) in [6.45, 7) is 10.7. The minimum Gasteiger partial charge on any atom is -0.356 e. The third-order valence-electron chi connectivity index (χ3n) is 5.30. The monoisotopic (exact) mass is 352 g/mol. The summed E-state index contributed by atoms with van der Waals surface area (Å²) >= 11 is 0. The molecule has 3 N–H and O–H groups in total. The zero-order chi connectivity index (χ0) is 18.2. The van der Waals surface area contributed by atoms with Gasteiger partial charge >= 0.3 is 0 Å². The van der Waals surface area contributed by atoms with Crippen LogP contribution in [0.2, 0.25) is 0 Å². The Balaban J connectivity index is 1.92. The van der Waals surface area contributed by atoms with E-state index in [1.165, 1.54) is 0 Å². The smallest absolute Gasteiger partial charge is 0.238 e. The second-order valence-electron chi connectivity index (χ2n) is 7.44. The van der Waals surface area contributed by atoms with Crippen molar-refractivity contribution in [3.8, 4) is 0 Å². The van der Waals surface area contributed by atoms with E-state index >= 15 is 0 Å². The van der Waals surface area contributed by atoms with Crippen molar-refractivity contribution in [3.05, 3.63) is 29.8 Å². The fourth-order valence-corrected chi connectivity index (χ4v) is 3.38. The molecule has 1 aromatic carbocycles. The normalized spacial score (nSPS) is 19.8. The van der Waals surface area contributed by atoms with E-state index in [-0.39, 0.29) is 15.8 Å². The fraction of sp³-hybridized carbons (Fsp3) is 0.588. The largest absolute Gasteiger partial charge is 0.356 e. The first kappa shape index (κ1) is 18.7. The lowest BCUT2D eigenvalue weighted by atomic mass is 9.65. The van der Waals surface area contributed by atoms with E-state index in [1.54, 1.807) is 31.3 Å². The van der Waals surface area contributed by atoms with E-state index in [4.69, 9.17) is 5.14 Å². The number of benzene rings is 1. The Labute approximate surface area is 145 Å². The van der Waals surface area contributed by atoms with Crippen molar-refractivity contribution in [1.29, 1.82) is 0 Å². The molecule has 2 rings (SSSR count). The number of aliphatic imine (C=N–C) groups is 1. The molecule has 0 saturated carbocycles. The van der Waals surface area contributed by atoms with Crippen LogP contribution in [0.15, 0.2) is 34.2 Å². The molecule has 1 aromatic rings. The van der Waals surface area contributed by atoms with Crippen LogP contribution >= 0.6 is 0 Å². The number of nitrogens with one attached hydrogen (secondary N) is 1. The van der Waals surface area contributed by atoms with Crippen molar-refractivity contribution < 1.29 is 8.42 Å². The standard InChI is InChI=1S/C17H28N4O2S/c1-16(2)12-21(17(16,3)4)15(19-5)20-11-10-13-6-8-14(9-7-13)24(18,22)23/h6-9H,10-12H2,1-5H3,(H,19,20)(H2,18,22,23). The van der Waals surface area contributed by atoms with Crippen LogP contribution < -0.4 is 10.5 Å². The Morgan fingerprint density at radius 1 is 1.25 bits per heavy atom. The van der Waals surface area contributed by atoms with Gasteiger partial charge in [-0.3, -0.25) is 4.99 Å². The number of guanidine groups is 1. The molecule has 7 heteroatoms. The SMILES string of the molecule is CN=C(NCCc1ccc(S(N)(=O)=O)cc1)N1CC(C)(C)C1(C)C. The molecule has 134 valence electrons. The molecule has 24 heavy (non-hydrogen) atoms. The van der Waals surface area contributed by atoms with Gasteiger partial charge in [-0.1, -0.05) is 26.0 Å². The highest BCUT2D eigenvalue weighted by Crippen LogP contribution is 2.46. The van der Waals surface area contributed by atoms with E-state index in [1.807, 2.05) is 0 Å². The molecule has 0 atom stereocenters. The molecular weight excluding hydrogens is 324 g/mol. The van der Waals surface area contributed by atoms with Gasteiger partial charge < -0.3 is 10.2 Å². The predicted molar refractivity (Wildman–Crippen MR) is 97.4 cm³/mol. The Morgan fingerprint density at radius 2 is 1.83 bits per heavy atom. The minimum absolute atomic E-state index is 0.0615. The summed E-state index contributed by atoms with van der Waals surface area (Å²) in [4.78, 5) is 6.81. The molecule has 0 amide bonds. The quantitative estimate of drug-likeness (QED) is 0.636. The van der Waals surface area contributed by atoms with Crippen LogP contribution in [0.3, 0.4) is 0 Å². The Kier molecular flexibility index (Phi) is 4.97. The molecule has 0 aromatic heterocycles. The molecule has 1 saturated heterocycles. The summed E-state index contributed by atoms with van der Waals surface area (Å²) in [5, 5.41) is 8.50. The average molecular weight is 353 g/mol. The van der Waals surface area contributed by atoms with Gasteiger partial charge in [-0.05, 0) is 38.0 Å². The van der Waals surface area contributed by atoms with Crippen LogP contribution in [0, 0.1) is 5.41 Å². The van der Waals surface area contributed by atoms with Crippen molar-refractivity contribution in [1.82, 2.24) is 10.2 Å². The lowest BCUT2D eigenvalue weighted by molar-refractivity contribution is -0.0666. The topological polar surface area (TPSA) is 87.8 Å². The zero-order valence-corrected chi connectivity index (χ0v) is 15.9. The fourth-order valence-electron chi connectivity index (χ4n) is 2.86. The number of rotatable bonds is 4. The average Bonchev–Trinajstić information content (AvgIpc) is 2.49. The molecule has 1 fully saturated rings. The Hall–Kier alpha value is -1.60. The van der Waals surface area contributed by atoms with Gasteiger partial charge in [0.25, 0.3) is 0 Å². The van der Waals surface area contributed by atoms with Crippen molar-refractivity contribution in [2.24, 2.45) is 15.5 Å². The van der Waals surface area contributed by atoms with Gasteiger partial charge in [-0.2, -0.15) is 0 Å². The second-order valence-corrected chi connectivity index (χ2v) is 9.00. The summed E-state index contributed by atoms with van der Waals surface area (Å²) < 4.78 is 22.5. The molecule has 0 bridgehead atoms. The molecule has 0 aliphatic carbocycles. The van der Waals surface area contributed by atoms with Gasteiger partial charge in [0.05, 0.1) is 4.90 Å². The zero-order valence-electron chi connectivity index (χ0n) is 15.1. The van der Waals surface area contributed by atoms with Gasteiger partial charge in [-0.15, -0.1) is 0 Å². The maximum atomic E-state index is 11.3. The number of nitrogens with zero attached hydrogens (tertiary/aromatic N) is 2. The summed E-state index contributed by atoms with van der Waals surface area (Å²) in [6.07, 6.45) is 0.779. The minimum atomic E-state index is -3.63.